The summed E-state index contributed by atoms with van der Waals surface area (Å²) in [6.07, 6.45) is 1.75. The van der Waals surface area contributed by atoms with Gasteiger partial charge in [0.05, 0.1) is 6.10 Å². The van der Waals surface area contributed by atoms with Crippen LogP contribution in [0.25, 0.3) is 0 Å². The van der Waals surface area contributed by atoms with Gasteiger partial charge in [0.25, 0.3) is 0 Å². The number of carbonyl (C=O) groups is 1. The maximum Gasteiger partial charge on any atom is 0.346 e. The summed E-state index contributed by atoms with van der Waals surface area (Å²) in [7, 11) is 1.69. The lowest BCUT2D eigenvalue weighted by molar-refractivity contribution is -0.0387. The fraction of sp³-hybridized carbons (Fsp3) is 0.818. The number of ether oxygens (including phenoxy) is 1. The van der Waals surface area contributed by atoms with Gasteiger partial charge in [-0.1, -0.05) is 13.8 Å². The Labute approximate surface area is 95.6 Å². The summed E-state index contributed by atoms with van der Waals surface area (Å²) in [5.41, 5.74) is 5.54. The van der Waals surface area contributed by atoms with Crippen molar-refractivity contribution in [3.63, 3.8) is 0 Å². The van der Waals surface area contributed by atoms with Crippen LogP contribution in [0.3, 0.4) is 0 Å². The number of amides is 2. The number of amidine groups is 1. The minimum atomic E-state index is -0.345. The minimum absolute atomic E-state index is 0.194. The van der Waals surface area contributed by atoms with E-state index in [4.69, 9.17) is 10.5 Å². The van der Waals surface area contributed by atoms with E-state index in [1.54, 1.807) is 7.11 Å². The number of hydrogen-bond acceptors (Lipinski definition) is 3. The Hall–Kier alpha value is -1.10. The van der Waals surface area contributed by atoms with Gasteiger partial charge in [-0.25, -0.2) is 4.79 Å². The van der Waals surface area contributed by atoms with Crippen LogP contribution in [-0.4, -0.2) is 42.1 Å². The second kappa shape index (κ2) is 3.73. The van der Waals surface area contributed by atoms with Crippen molar-refractivity contribution in [2.45, 2.75) is 38.3 Å². The monoisotopic (exact) mass is 225 g/mol. The zero-order valence-corrected chi connectivity index (χ0v) is 10.1. The Morgan fingerprint density at radius 3 is 2.75 bits per heavy atom. The molecule has 0 bridgehead atoms. The van der Waals surface area contributed by atoms with Crippen LogP contribution in [0.4, 0.5) is 4.79 Å². The van der Waals surface area contributed by atoms with Crippen molar-refractivity contribution in [1.29, 1.82) is 0 Å². The van der Waals surface area contributed by atoms with Gasteiger partial charge in [0.2, 0.25) is 0 Å². The summed E-state index contributed by atoms with van der Waals surface area (Å²) in [5, 5.41) is 0. The summed E-state index contributed by atoms with van der Waals surface area (Å²) < 4.78 is 5.26. The number of methoxy groups -OCH3 is 1. The van der Waals surface area contributed by atoms with Crippen LogP contribution in [0.2, 0.25) is 0 Å². The fourth-order valence-corrected chi connectivity index (χ4v) is 2.50. The van der Waals surface area contributed by atoms with Gasteiger partial charge in [-0.3, -0.25) is 0 Å². The second-order valence-corrected chi connectivity index (χ2v) is 5.08. The number of nitrogens with two attached hydrogens (primary N) is 1. The van der Waals surface area contributed by atoms with Gasteiger partial charge in [-0.05, 0) is 5.92 Å². The van der Waals surface area contributed by atoms with Crippen LogP contribution in [0.15, 0.2) is 4.99 Å². The summed E-state index contributed by atoms with van der Waals surface area (Å²) in [6, 6.07) is -0.194. The topological polar surface area (TPSA) is 67.9 Å². The van der Waals surface area contributed by atoms with Crippen molar-refractivity contribution in [2.24, 2.45) is 16.6 Å². The molecule has 2 aliphatic rings. The molecular weight excluding hydrogens is 206 g/mol. The molecule has 2 N–H and O–H groups in total. The molecule has 16 heavy (non-hydrogen) atoms. The van der Waals surface area contributed by atoms with E-state index in [0.29, 0.717) is 18.3 Å². The maximum absolute atomic E-state index is 11.7. The first-order valence-electron chi connectivity index (χ1n) is 5.68. The molecule has 0 aromatic heterocycles. The Morgan fingerprint density at radius 1 is 1.62 bits per heavy atom. The molecule has 1 heterocycles. The van der Waals surface area contributed by atoms with E-state index in [-0.39, 0.29) is 17.7 Å². The molecule has 1 aliphatic carbocycles. The fourth-order valence-electron chi connectivity index (χ4n) is 2.50. The third-order valence-electron chi connectivity index (χ3n) is 3.45. The van der Waals surface area contributed by atoms with Gasteiger partial charge in [-0.2, -0.15) is 4.99 Å². The molecule has 1 aliphatic heterocycles. The average molecular weight is 225 g/mol. The van der Waals surface area contributed by atoms with E-state index >= 15 is 0 Å². The molecule has 1 spiro atoms. The van der Waals surface area contributed by atoms with Crippen molar-refractivity contribution in [2.75, 3.05) is 13.7 Å². The van der Waals surface area contributed by atoms with Gasteiger partial charge in [-0.15, -0.1) is 0 Å². The largest absolute Gasteiger partial charge is 0.385 e. The molecule has 0 aromatic carbocycles. The quantitative estimate of drug-likeness (QED) is 0.778. The summed E-state index contributed by atoms with van der Waals surface area (Å²) in [4.78, 5) is 17.4. The average Bonchev–Trinajstić information content (AvgIpc) is 2.36. The van der Waals surface area contributed by atoms with E-state index in [1.807, 2.05) is 4.90 Å². The van der Waals surface area contributed by atoms with E-state index in [2.05, 4.69) is 18.8 Å². The normalized spacial score (nSPS) is 33.5. The van der Waals surface area contributed by atoms with Gasteiger partial charge in [0, 0.05) is 26.5 Å². The van der Waals surface area contributed by atoms with E-state index in [9.17, 15) is 4.79 Å². The third kappa shape index (κ3) is 1.50. The Morgan fingerprint density at radius 2 is 2.25 bits per heavy atom. The number of aliphatic imine (C=N–C) groups is 1. The maximum atomic E-state index is 11.7. The number of carbonyl (C=O) groups excluding carboxylic acids is 1. The molecular formula is C11H19N3O2. The lowest BCUT2D eigenvalue weighted by Crippen LogP contribution is -2.64. The Bertz CT molecular complexity index is 332. The van der Waals surface area contributed by atoms with Gasteiger partial charge >= 0.3 is 6.03 Å². The first-order chi connectivity index (χ1) is 7.49. The van der Waals surface area contributed by atoms with E-state index in [1.165, 1.54) is 0 Å². The van der Waals surface area contributed by atoms with Crippen LogP contribution in [-0.2, 0) is 4.74 Å². The van der Waals surface area contributed by atoms with Gasteiger partial charge in [0.15, 0.2) is 0 Å². The van der Waals surface area contributed by atoms with E-state index in [0.717, 1.165) is 12.8 Å². The van der Waals surface area contributed by atoms with Crippen molar-refractivity contribution in [3.8, 4) is 0 Å². The first-order valence-corrected chi connectivity index (χ1v) is 5.68. The van der Waals surface area contributed by atoms with Crippen molar-refractivity contribution in [1.82, 2.24) is 4.90 Å². The van der Waals surface area contributed by atoms with Gasteiger partial charge < -0.3 is 15.4 Å². The minimum Gasteiger partial charge on any atom is -0.385 e. The molecule has 0 radical (unpaired) electrons. The third-order valence-corrected chi connectivity index (χ3v) is 3.45. The number of urea groups is 1. The van der Waals surface area contributed by atoms with E-state index < -0.39 is 0 Å². The lowest BCUT2D eigenvalue weighted by atomic mass is 9.72. The zero-order chi connectivity index (χ0) is 11.9. The SMILES string of the molecule is COC1CC2(C1)C(N)=NC(=O)N2CC(C)C. The standard InChI is InChI=1S/C11H19N3O2/c1-7(2)6-14-10(15)13-9(12)11(14)4-8(5-11)16-3/h7-8H,4-6H2,1-3H3,(H2,12,13,15). The molecule has 2 amide bonds. The summed E-state index contributed by atoms with van der Waals surface area (Å²) in [6.45, 7) is 4.88. The lowest BCUT2D eigenvalue weighted by Gasteiger charge is -2.49. The number of nitrogens with zero attached hydrogens (tertiary/aromatic N) is 2. The molecule has 90 valence electrons. The summed E-state index contributed by atoms with van der Waals surface area (Å²) >= 11 is 0. The molecule has 0 atom stereocenters. The molecule has 0 aromatic rings. The summed E-state index contributed by atoms with van der Waals surface area (Å²) in [5.74, 6) is 0.884. The number of rotatable bonds is 3. The molecule has 1 saturated carbocycles. The zero-order valence-electron chi connectivity index (χ0n) is 10.1. The molecule has 5 heteroatoms. The highest BCUT2D eigenvalue weighted by atomic mass is 16.5. The highest BCUT2D eigenvalue weighted by Gasteiger charge is 2.57. The van der Waals surface area contributed by atoms with Crippen LogP contribution in [0, 0.1) is 5.92 Å². The predicted molar refractivity (Wildman–Crippen MR) is 61.3 cm³/mol. The highest BCUT2D eigenvalue weighted by Crippen LogP contribution is 2.43. The molecule has 1 fully saturated rings. The highest BCUT2D eigenvalue weighted by molar-refractivity contribution is 6.06. The van der Waals surface area contributed by atoms with Crippen molar-refractivity contribution in [3.05, 3.63) is 0 Å². The molecule has 0 unspecified atom stereocenters. The van der Waals surface area contributed by atoms with Crippen LogP contribution >= 0.6 is 0 Å². The molecule has 5 nitrogen and oxygen atoms in total. The van der Waals surface area contributed by atoms with Crippen LogP contribution in [0.5, 0.6) is 0 Å². The second-order valence-electron chi connectivity index (χ2n) is 5.08. The predicted octanol–water partition coefficient (Wildman–Crippen LogP) is 0.983. The van der Waals surface area contributed by atoms with Gasteiger partial charge in [0.1, 0.15) is 11.4 Å². The first kappa shape index (κ1) is 11.4. The smallest absolute Gasteiger partial charge is 0.346 e. The molecule has 2 rings (SSSR count). The molecule has 0 saturated heterocycles. The van der Waals surface area contributed by atoms with Crippen LogP contribution < -0.4 is 5.73 Å². The number of hydrogen-bond donors (Lipinski definition) is 1. The van der Waals surface area contributed by atoms with Crippen molar-refractivity contribution >= 4 is 11.9 Å². The van der Waals surface area contributed by atoms with Crippen molar-refractivity contribution < 1.29 is 9.53 Å². The Balaban J connectivity index is 2.15. The van der Waals surface area contributed by atoms with Crippen LogP contribution in [0.1, 0.15) is 26.7 Å². The Kier molecular flexibility index (Phi) is 2.66.